The van der Waals surface area contributed by atoms with E-state index < -0.39 is 12.1 Å². The molecule has 1 atom stereocenters. The molecule has 0 heterocycles. The van der Waals surface area contributed by atoms with E-state index in [1.165, 1.54) is 0 Å². The van der Waals surface area contributed by atoms with E-state index in [1.807, 2.05) is 42.5 Å². The molecule has 0 aliphatic rings. The van der Waals surface area contributed by atoms with E-state index in [-0.39, 0.29) is 12.2 Å². The first-order valence-electron chi connectivity index (χ1n) is 8.42. The number of ether oxygens (including phenoxy) is 2. The quantitative estimate of drug-likeness (QED) is 0.495. The molecule has 0 saturated heterocycles. The van der Waals surface area contributed by atoms with Crippen LogP contribution >= 0.6 is 0 Å². The summed E-state index contributed by atoms with van der Waals surface area (Å²) in [5.74, 6) is 0.0108. The third-order valence-electron chi connectivity index (χ3n) is 4.21. The highest BCUT2D eigenvalue weighted by atomic mass is 16.5. The van der Waals surface area contributed by atoms with Crippen molar-refractivity contribution in [3.05, 3.63) is 77.9 Å². The van der Waals surface area contributed by atoms with Crippen molar-refractivity contribution in [1.29, 1.82) is 0 Å². The van der Waals surface area contributed by atoms with Crippen LogP contribution in [-0.2, 0) is 16.0 Å². The van der Waals surface area contributed by atoms with Gasteiger partial charge in [-0.25, -0.2) is 0 Å². The summed E-state index contributed by atoms with van der Waals surface area (Å²) in [5.41, 5.74) is 1.34. The minimum absolute atomic E-state index is 0.130. The van der Waals surface area contributed by atoms with Crippen molar-refractivity contribution in [2.75, 3.05) is 7.11 Å². The Hall–Kier alpha value is -3.14. The average molecular weight is 348 g/mol. The SMILES string of the molecule is COc1ccc(C(=O)[C@@H](C)OC(=O)Cc2ccc3ccccc3c2)cc1. The van der Waals surface area contributed by atoms with Gasteiger partial charge in [-0.3, -0.25) is 9.59 Å². The predicted molar refractivity (Wildman–Crippen MR) is 101 cm³/mol. The zero-order valence-corrected chi connectivity index (χ0v) is 14.8. The van der Waals surface area contributed by atoms with Crippen LogP contribution in [0.15, 0.2) is 66.7 Å². The molecule has 0 aromatic heterocycles. The number of carbonyl (C=O) groups is 2. The second-order valence-corrected chi connectivity index (χ2v) is 6.08. The van der Waals surface area contributed by atoms with E-state index in [1.54, 1.807) is 38.3 Å². The molecule has 0 radical (unpaired) electrons. The molecule has 132 valence electrons. The van der Waals surface area contributed by atoms with E-state index in [0.29, 0.717) is 11.3 Å². The Labute approximate surface area is 152 Å². The Morgan fingerprint density at radius 3 is 2.31 bits per heavy atom. The summed E-state index contributed by atoms with van der Waals surface area (Å²) in [6, 6.07) is 20.5. The van der Waals surface area contributed by atoms with Gasteiger partial charge in [-0.05, 0) is 47.5 Å². The molecule has 3 aromatic carbocycles. The first-order valence-corrected chi connectivity index (χ1v) is 8.42. The topological polar surface area (TPSA) is 52.6 Å². The molecule has 0 saturated carbocycles. The van der Waals surface area contributed by atoms with Gasteiger partial charge in [-0.1, -0.05) is 42.5 Å². The zero-order valence-electron chi connectivity index (χ0n) is 14.8. The number of benzene rings is 3. The fourth-order valence-corrected chi connectivity index (χ4v) is 2.80. The van der Waals surface area contributed by atoms with Crippen LogP contribution in [0.4, 0.5) is 0 Å². The van der Waals surface area contributed by atoms with Crippen molar-refractivity contribution < 1.29 is 19.1 Å². The lowest BCUT2D eigenvalue weighted by Gasteiger charge is -2.13. The second kappa shape index (κ2) is 7.83. The number of carbonyl (C=O) groups excluding carboxylic acids is 2. The first-order chi connectivity index (χ1) is 12.6. The largest absolute Gasteiger partial charge is 0.497 e. The summed E-state index contributed by atoms with van der Waals surface area (Å²) < 4.78 is 10.4. The minimum Gasteiger partial charge on any atom is -0.497 e. The van der Waals surface area contributed by atoms with Gasteiger partial charge in [0.15, 0.2) is 6.10 Å². The van der Waals surface area contributed by atoms with Gasteiger partial charge >= 0.3 is 5.97 Å². The monoisotopic (exact) mass is 348 g/mol. The standard InChI is InChI=1S/C22H20O4/c1-15(22(24)18-9-11-20(25-2)12-10-18)26-21(23)14-16-7-8-17-5-3-4-6-19(17)13-16/h3-13,15H,14H2,1-2H3/t15-/m1/s1. The third-order valence-corrected chi connectivity index (χ3v) is 4.21. The second-order valence-electron chi connectivity index (χ2n) is 6.08. The molecule has 0 fully saturated rings. The Morgan fingerprint density at radius 2 is 1.62 bits per heavy atom. The summed E-state index contributed by atoms with van der Waals surface area (Å²) in [6.07, 6.45) is -0.707. The van der Waals surface area contributed by atoms with Crippen molar-refractivity contribution in [3.8, 4) is 5.75 Å². The lowest BCUT2D eigenvalue weighted by atomic mass is 10.0. The van der Waals surface area contributed by atoms with E-state index >= 15 is 0 Å². The molecular weight excluding hydrogens is 328 g/mol. The molecule has 4 heteroatoms. The molecular formula is C22H20O4. The average Bonchev–Trinajstić information content (AvgIpc) is 2.67. The number of ketones is 1. The highest BCUT2D eigenvalue weighted by molar-refractivity contribution is 6.00. The fraction of sp³-hybridized carbons (Fsp3) is 0.182. The number of rotatable bonds is 6. The van der Waals surface area contributed by atoms with Crippen molar-refractivity contribution in [3.63, 3.8) is 0 Å². The number of hydrogen-bond donors (Lipinski definition) is 0. The van der Waals surface area contributed by atoms with Crippen LogP contribution in [0.1, 0.15) is 22.8 Å². The Bertz CT molecular complexity index is 928. The number of fused-ring (bicyclic) bond motifs is 1. The molecule has 0 bridgehead atoms. The van der Waals surface area contributed by atoms with Gasteiger partial charge in [-0.15, -0.1) is 0 Å². The molecule has 26 heavy (non-hydrogen) atoms. The van der Waals surface area contributed by atoms with Crippen molar-refractivity contribution >= 4 is 22.5 Å². The van der Waals surface area contributed by atoms with Crippen molar-refractivity contribution in [2.45, 2.75) is 19.4 Å². The first kappa shape index (κ1) is 17.7. The molecule has 0 amide bonds. The molecule has 3 rings (SSSR count). The van der Waals surface area contributed by atoms with Gasteiger partial charge in [0.25, 0.3) is 0 Å². The Morgan fingerprint density at radius 1 is 0.923 bits per heavy atom. The molecule has 0 spiro atoms. The molecule has 0 aliphatic heterocycles. The van der Waals surface area contributed by atoms with E-state index in [2.05, 4.69) is 0 Å². The van der Waals surface area contributed by atoms with Crippen LogP contribution in [0, 0.1) is 0 Å². The number of Topliss-reactive ketones (excluding diaryl/α,β-unsaturated/α-hetero) is 1. The summed E-state index contributed by atoms with van der Waals surface area (Å²) in [6.45, 7) is 1.59. The van der Waals surface area contributed by atoms with Gasteiger partial charge in [0.05, 0.1) is 13.5 Å². The molecule has 0 N–H and O–H groups in total. The van der Waals surface area contributed by atoms with Crippen LogP contribution in [0.25, 0.3) is 10.8 Å². The third kappa shape index (κ3) is 4.09. The van der Waals surface area contributed by atoms with Crippen molar-refractivity contribution in [2.24, 2.45) is 0 Å². The van der Waals surface area contributed by atoms with Gasteiger partial charge in [0.2, 0.25) is 5.78 Å². The maximum atomic E-state index is 12.4. The lowest BCUT2D eigenvalue weighted by molar-refractivity contribution is -0.145. The zero-order chi connectivity index (χ0) is 18.5. The number of methoxy groups -OCH3 is 1. The normalized spacial score (nSPS) is 11.8. The van der Waals surface area contributed by atoms with E-state index in [9.17, 15) is 9.59 Å². The maximum absolute atomic E-state index is 12.4. The summed E-state index contributed by atoms with van der Waals surface area (Å²) >= 11 is 0. The van der Waals surface area contributed by atoms with Crippen LogP contribution in [0.3, 0.4) is 0 Å². The molecule has 0 unspecified atom stereocenters. The Kier molecular flexibility index (Phi) is 5.32. The Balaban J connectivity index is 1.63. The summed E-state index contributed by atoms with van der Waals surface area (Å²) in [5, 5.41) is 2.19. The van der Waals surface area contributed by atoms with E-state index in [4.69, 9.17) is 9.47 Å². The number of esters is 1. The van der Waals surface area contributed by atoms with E-state index in [0.717, 1.165) is 16.3 Å². The van der Waals surface area contributed by atoms with Gasteiger partial charge < -0.3 is 9.47 Å². The lowest BCUT2D eigenvalue weighted by Crippen LogP contribution is -2.25. The van der Waals surface area contributed by atoms with Crippen molar-refractivity contribution in [1.82, 2.24) is 0 Å². The molecule has 0 aliphatic carbocycles. The molecule has 3 aromatic rings. The summed E-state index contributed by atoms with van der Waals surface area (Å²) in [4.78, 5) is 24.6. The molecule has 4 nitrogen and oxygen atoms in total. The fourth-order valence-electron chi connectivity index (χ4n) is 2.80. The minimum atomic E-state index is -0.837. The highest BCUT2D eigenvalue weighted by Crippen LogP contribution is 2.17. The van der Waals surface area contributed by atoms with Crippen LogP contribution < -0.4 is 4.74 Å². The predicted octanol–water partition coefficient (Wildman–Crippen LogP) is 4.21. The number of hydrogen-bond acceptors (Lipinski definition) is 4. The van der Waals surface area contributed by atoms with Gasteiger partial charge in [0, 0.05) is 5.56 Å². The maximum Gasteiger partial charge on any atom is 0.310 e. The highest BCUT2D eigenvalue weighted by Gasteiger charge is 2.19. The van der Waals surface area contributed by atoms with Gasteiger partial charge in [0.1, 0.15) is 5.75 Å². The van der Waals surface area contributed by atoms with Crippen LogP contribution in [-0.4, -0.2) is 25.0 Å². The van der Waals surface area contributed by atoms with Crippen LogP contribution in [0.2, 0.25) is 0 Å². The smallest absolute Gasteiger partial charge is 0.310 e. The van der Waals surface area contributed by atoms with Gasteiger partial charge in [-0.2, -0.15) is 0 Å². The summed E-state index contributed by atoms with van der Waals surface area (Å²) in [7, 11) is 1.56. The van der Waals surface area contributed by atoms with Crippen LogP contribution in [0.5, 0.6) is 5.75 Å².